The highest BCUT2D eigenvalue weighted by molar-refractivity contribution is 8.13. The van der Waals surface area contributed by atoms with Crippen LogP contribution in [-0.2, 0) is 0 Å². The van der Waals surface area contributed by atoms with Crippen LogP contribution in [0.15, 0.2) is 4.99 Å². The predicted molar refractivity (Wildman–Crippen MR) is 69.8 cm³/mol. The third-order valence-electron chi connectivity index (χ3n) is 2.54. The van der Waals surface area contributed by atoms with Gasteiger partial charge in [-0.15, -0.1) is 0 Å². The van der Waals surface area contributed by atoms with E-state index in [1.54, 1.807) is 0 Å². The van der Waals surface area contributed by atoms with E-state index in [2.05, 4.69) is 36.2 Å². The van der Waals surface area contributed by atoms with Crippen LogP contribution in [0.5, 0.6) is 0 Å². The number of amidine groups is 1. The van der Waals surface area contributed by atoms with Gasteiger partial charge in [-0.25, -0.2) is 0 Å². The second-order valence-electron chi connectivity index (χ2n) is 4.23. The molecule has 0 spiro atoms. The van der Waals surface area contributed by atoms with Crippen LogP contribution in [0.1, 0.15) is 26.2 Å². The van der Waals surface area contributed by atoms with E-state index in [0.717, 1.165) is 24.7 Å². The fourth-order valence-corrected chi connectivity index (χ4v) is 2.58. The van der Waals surface area contributed by atoms with E-state index in [-0.39, 0.29) is 0 Å². The van der Waals surface area contributed by atoms with Gasteiger partial charge in [0.15, 0.2) is 5.17 Å². The average molecular weight is 229 g/mol. The van der Waals surface area contributed by atoms with Gasteiger partial charge in [0.1, 0.15) is 0 Å². The first-order valence-electron chi connectivity index (χ1n) is 5.81. The lowest BCUT2D eigenvalue weighted by molar-refractivity contribution is 0.403. The minimum atomic E-state index is 0.652. The van der Waals surface area contributed by atoms with Crippen LogP contribution in [0.4, 0.5) is 0 Å². The van der Waals surface area contributed by atoms with Gasteiger partial charge in [-0.05, 0) is 39.9 Å². The highest BCUT2D eigenvalue weighted by Gasteiger charge is 2.14. The minimum Gasteiger partial charge on any atom is -0.362 e. The molecule has 0 bridgehead atoms. The smallest absolute Gasteiger partial charge is 0.156 e. The molecule has 0 amide bonds. The Hall–Kier alpha value is -0.220. The Morgan fingerprint density at radius 3 is 3.00 bits per heavy atom. The topological polar surface area (TPSA) is 27.6 Å². The molecule has 1 unspecified atom stereocenters. The molecule has 1 N–H and O–H groups in total. The highest BCUT2D eigenvalue weighted by atomic mass is 32.2. The Labute approximate surface area is 97.7 Å². The Bertz CT molecular complexity index is 204. The molecule has 1 saturated heterocycles. The van der Waals surface area contributed by atoms with Crippen molar-refractivity contribution in [3.63, 3.8) is 0 Å². The van der Waals surface area contributed by atoms with Gasteiger partial charge in [-0.3, -0.25) is 4.99 Å². The SMILES string of the molecule is CCC1CCSC(=NCCCN(C)C)N1. The zero-order valence-corrected chi connectivity index (χ0v) is 10.9. The molecule has 15 heavy (non-hydrogen) atoms. The van der Waals surface area contributed by atoms with Crippen LogP contribution >= 0.6 is 11.8 Å². The maximum absolute atomic E-state index is 4.60. The summed E-state index contributed by atoms with van der Waals surface area (Å²) in [5, 5.41) is 4.65. The van der Waals surface area contributed by atoms with Gasteiger partial charge in [0.2, 0.25) is 0 Å². The molecule has 4 heteroatoms. The van der Waals surface area contributed by atoms with Gasteiger partial charge in [-0.2, -0.15) is 0 Å². The van der Waals surface area contributed by atoms with Crippen molar-refractivity contribution in [2.24, 2.45) is 4.99 Å². The highest BCUT2D eigenvalue weighted by Crippen LogP contribution is 2.15. The molecule has 1 aliphatic rings. The summed E-state index contributed by atoms with van der Waals surface area (Å²) in [4.78, 5) is 6.80. The summed E-state index contributed by atoms with van der Waals surface area (Å²) in [6.07, 6.45) is 3.63. The molecule has 3 nitrogen and oxygen atoms in total. The van der Waals surface area contributed by atoms with Crippen LogP contribution in [0.2, 0.25) is 0 Å². The molecule has 1 heterocycles. The van der Waals surface area contributed by atoms with Crippen LogP contribution in [0.25, 0.3) is 0 Å². The molecule has 0 aliphatic carbocycles. The van der Waals surface area contributed by atoms with Gasteiger partial charge in [0, 0.05) is 18.3 Å². The van der Waals surface area contributed by atoms with Crippen molar-refractivity contribution in [1.29, 1.82) is 0 Å². The molecule has 0 aromatic rings. The number of nitrogens with zero attached hydrogens (tertiary/aromatic N) is 2. The maximum Gasteiger partial charge on any atom is 0.156 e. The second-order valence-corrected chi connectivity index (χ2v) is 5.31. The minimum absolute atomic E-state index is 0.652. The molecule has 1 fully saturated rings. The lowest BCUT2D eigenvalue weighted by atomic mass is 10.2. The van der Waals surface area contributed by atoms with E-state index in [1.807, 2.05) is 11.8 Å². The molecule has 1 atom stereocenters. The normalized spacial score (nSPS) is 24.5. The fourth-order valence-electron chi connectivity index (χ4n) is 1.55. The number of rotatable bonds is 5. The van der Waals surface area contributed by atoms with Gasteiger partial charge < -0.3 is 10.2 Å². The second kappa shape index (κ2) is 7.12. The molecular formula is C11H23N3S. The predicted octanol–water partition coefficient (Wildman–Crippen LogP) is 1.80. The summed E-state index contributed by atoms with van der Waals surface area (Å²) >= 11 is 1.87. The molecule has 0 radical (unpaired) electrons. The Kier molecular flexibility index (Phi) is 6.10. The largest absolute Gasteiger partial charge is 0.362 e. The van der Waals surface area contributed by atoms with E-state index in [9.17, 15) is 0 Å². The van der Waals surface area contributed by atoms with Gasteiger partial charge in [-0.1, -0.05) is 18.7 Å². The van der Waals surface area contributed by atoms with Gasteiger partial charge >= 0.3 is 0 Å². The lowest BCUT2D eigenvalue weighted by Gasteiger charge is -2.24. The molecule has 0 saturated carbocycles. The molecule has 1 rings (SSSR count). The summed E-state index contributed by atoms with van der Waals surface area (Å²) in [6.45, 7) is 4.31. The van der Waals surface area contributed by atoms with Crippen molar-refractivity contribution < 1.29 is 0 Å². The van der Waals surface area contributed by atoms with Crippen LogP contribution in [-0.4, -0.2) is 49.0 Å². The number of thioether (sulfide) groups is 1. The zero-order chi connectivity index (χ0) is 11.1. The molecular weight excluding hydrogens is 206 g/mol. The summed E-state index contributed by atoms with van der Waals surface area (Å²) < 4.78 is 0. The Morgan fingerprint density at radius 2 is 2.33 bits per heavy atom. The van der Waals surface area contributed by atoms with Crippen LogP contribution in [0, 0.1) is 0 Å². The van der Waals surface area contributed by atoms with Crippen LogP contribution < -0.4 is 5.32 Å². The van der Waals surface area contributed by atoms with Crippen molar-refractivity contribution in [1.82, 2.24) is 10.2 Å². The lowest BCUT2D eigenvalue weighted by Crippen LogP contribution is -2.37. The van der Waals surface area contributed by atoms with Gasteiger partial charge in [0.05, 0.1) is 0 Å². The van der Waals surface area contributed by atoms with E-state index in [4.69, 9.17) is 0 Å². The van der Waals surface area contributed by atoms with E-state index in [1.165, 1.54) is 18.6 Å². The fraction of sp³-hybridized carbons (Fsp3) is 0.909. The molecule has 0 aromatic carbocycles. The Morgan fingerprint density at radius 1 is 1.53 bits per heavy atom. The van der Waals surface area contributed by atoms with Crippen molar-refractivity contribution >= 4 is 16.9 Å². The number of aliphatic imine (C=N–C) groups is 1. The van der Waals surface area contributed by atoms with E-state index in [0.29, 0.717) is 6.04 Å². The van der Waals surface area contributed by atoms with Crippen molar-refractivity contribution in [2.45, 2.75) is 32.2 Å². The standard InChI is InChI=1S/C11H23N3S/c1-4-10-6-9-15-11(13-10)12-7-5-8-14(2)3/h10H,4-9H2,1-3H3,(H,12,13). The first-order chi connectivity index (χ1) is 7.22. The average Bonchev–Trinajstić information content (AvgIpc) is 2.24. The molecule has 1 aliphatic heterocycles. The van der Waals surface area contributed by atoms with Crippen LogP contribution in [0.3, 0.4) is 0 Å². The number of hydrogen-bond acceptors (Lipinski definition) is 3. The van der Waals surface area contributed by atoms with Crippen molar-refractivity contribution in [2.75, 3.05) is 32.9 Å². The number of nitrogens with one attached hydrogen (secondary N) is 1. The van der Waals surface area contributed by atoms with Gasteiger partial charge in [0.25, 0.3) is 0 Å². The summed E-state index contributed by atoms with van der Waals surface area (Å²) in [5.41, 5.74) is 0. The maximum atomic E-state index is 4.60. The summed E-state index contributed by atoms with van der Waals surface area (Å²) in [5.74, 6) is 1.22. The third-order valence-corrected chi connectivity index (χ3v) is 3.50. The first-order valence-corrected chi connectivity index (χ1v) is 6.79. The quantitative estimate of drug-likeness (QED) is 0.729. The van der Waals surface area contributed by atoms with Crippen molar-refractivity contribution in [3.05, 3.63) is 0 Å². The first kappa shape index (κ1) is 12.8. The number of hydrogen-bond donors (Lipinski definition) is 1. The molecule has 0 aromatic heterocycles. The third kappa shape index (κ3) is 5.42. The Balaban J connectivity index is 2.20. The van der Waals surface area contributed by atoms with Crippen molar-refractivity contribution in [3.8, 4) is 0 Å². The summed E-state index contributed by atoms with van der Waals surface area (Å²) in [6, 6.07) is 0.652. The van der Waals surface area contributed by atoms with E-state index < -0.39 is 0 Å². The van der Waals surface area contributed by atoms with E-state index >= 15 is 0 Å². The monoisotopic (exact) mass is 229 g/mol. The summed E-state index contributed by atoms with van der Waals surface area (Å²) in [7, 11) is 4.21. The zero-order valence-electron chi connectivity index (χ0n) is 10.1. The molecule has 88 valence electrons.